The quantitative estimate of drug-likeness (QED) is 0.315. The molecule has 2 aliphatic rings. The molecule has 2 rings (SSSR count). The molecule has 1 saturated carbocycles. The number of aliphatic hydroxyl groups is 1. The Hall–Kier alpha value is -1.17. The van der Waals surface area contributed by atoms with Crippen LogP contribution in [0.25, 0.3) is 0 Å². The van der Waals surface area contributed by atoms with Gasteiger partial charge in [0.25, 0.3) is 0 Å². The molecule has 5 atom stereocenters. The lowest BCUT2D eigenvalue weighted by Crippen LogP contribution is -2.28. The summed E-state index contributed by atoms with van der Waals surface area (Å²) < 4.78 is 0. The van der Waals surface area contributed by atoms with E-state index >= 15 is 0 Å². The van der Waals surface area contributed by atoms with Gasteiger partial charge < -0.3 is 10.2 Å². The number of allylic oxidation sites excluding steroid dienone is 2. The van der Waals surface area contributed by atoms with E-state index in [0.29, 0.717) is 12.3 Å². The lowest BCUT2D eigenvalue weighted by atomic mass is 9.89. The largest absolute Gasteiger partial charge is 0.481 e. The Balaban J connectivity index is 1.78. The van der Waals surface area contributed by atoms with E-state index in [9.17, 15) is 9.90 Å². The molecule has 0 aromatic rings. The van der Waals surface area contributed by atoms with Crippen molar-refractivity contribution in [1.29, 1.82) is 0 Å². The van der Waals surface area contributed by atoms with Gasteiger partial charge in [0.1, 0.15) is 6.10 Å². The fourth-order valence-corrected chi connectivity index (χ4v) is 3.72. The summed E-state index contributed by atoms with van der Waals surface area (Å²) in [6, 6.07) is 0. The standard InChI is InChI=1S/C20H32O5/c1-2-3-6-9-15(21)12-13-17-16(18-14-19(17)25-24-18)10-7-4-5-8-11-20(22)23/h4,7,12-13,15-19,21H,2-3,5-6,8-11,14H2,1H3,(H,22,23)/b7-4+,13-12+. The first-order valence-electron chi connectivity index (χ1n) is 9.67. The molecule has 2 bridgehead atoms. The number of carboxylic acids is 1. The van der Waals surface area contributed by atoms with Crippen molar-refractivity contribution in [1.82, 2.24) is 0 Å². The number of aliphatic hydroxyl groups excluding tert-OH is 1. The second kappa shape index (κ2) is 10.7. The van der Waals surface area contributed by atoms with Gasteiger partial charge in [0, 0.05) is 24.7 Å². The first-order chi connectivity index (χ1) is 12.1. The predicted octanol–water partition coefficient (Wildman–Crippen LogP) is 4.02. The minimum absolute atomic E-state index is 0.0921. The zero-order chi connectivity index (χ0) is 18.1. The van der Waals surface area contributed by atoms with Crippen molar-refractivity contribution < 1.29 is 24.8 Å². The van der Waals surface area contributed by atoms with E-state index in [1.165, 1.54) is 0 Å². The van der Waals surface area contributed by atoms with Crippen molar-refractivity contribution in [3.8, 4) is 0 Å². The summed E-state index contributed by atoms with van der Waals surface area (Å²) in [4.78, 5) is 21.3. The van der Waals surface area contributed by atoms with Crippen molar-refractivity contribution >= 4 is 5.97 Å². The molecule has 1 heterocycles. The molecule has 1 saturated heterocycles. The molecule has 0 aromatic carbocycles. The first-order valence-corrected chi connectivity index (χ1v) is 9.67. The fraction of sp³-hybridized carbons (Fsp3) is 0.750. The number of carboxylic acid groups (broad SMARTS) is 1. The summed E-state index contributed by atoms with van der Waals surface area (Å²) in [6.07, 6.45) is 15.8. The Labute approximate surface area is 150 Å². The molecular weight excluding hydrogens is 320 g/mol. The summed E-state index contributed by atoms with van der Waals surface area (Å²) in [6.45, 7) is 2.16. The number of rotatable bonds is 12. The van der Waals surface area contributed by atoms with Crippen molar-refractivity contribution in [2.45, 2.75) is 83.0 Å². The summed E-state index contributed by atoms with van der Waals surface area (Å²) >= 11 is 0. The van der Waals surface area contributed by atoms with Gasteiger partial charge in [-0.2, -0.15) is 0 Å². The summed E-state index contributed by atoms with van der Waals surface area (Å²) in [7, 11) is 0. The van der Waals surface area contributed by atoms with Gasteiger partial charge >= 0.3 is 5.97 Å². The number of fused-ring (bicyclic) bond motifs is 2. The van der Waals surface area contributed by atoms with Crippen molar-refractivity contribution in [3.05, 3.63) is 24.3 Å². The maximum absolute atomic E-state index is 10.5. The number of carbonyl (C=O) groups is 1. The monoisotopic (exact) mass is 352 g/mol. The molecule has 142 valence electrons. The molecule has 5 unspecified atom stereocenters. The van der Waals surface area contributed by atoms with Crippen molar-refractivity contribution in [3.63, 3.8) is 0 Å². The maximum Gasteiger partial charge on any atom is 0.303 e. The Morgan fingerprint density at radius 1 is 1.20 bits per heavy atom. The molecule has 0 amide bonds. The zero-order valence-corrected chi connectivity index (χ0v) is 15.2. The molecule has 5 nitrogen and oxygen atoms in total. The SMILES string of the molecule is CCCCCC(O)/C=C/C1C2CC(OO2)C1C/C=C/CCCC(=O)O. The van der Waals surface area contributed by atoms with Gasteiger partial charge in [-0.1, -0.05) is 50.5 Å². The van der Waals surface area contributed by atoms with Crippen LogP contribution in [0.5, 0.6) is 0 Å². The highest BCUT2D eigenvalue weighted by atomic mass is 17.2. The molecule has 2 fully saturated rings. The Bertz CT molecular complexity index is 459. The number of aliphatic carboxylic acids is 1. The topological polar surface area (TPSA) is 76.0 Å². The zero-order valence-electron chi connectivity index (χ0n) is 15.2. The summed E-state index contributed by atoms with van der Waals surface area (Å²) in [5.74, 6) is -0.0912. The highest BCUT2D eigenvalue weighted by Crippen LogP contribution is 2.44. The van der Waals surface area contributed by atoms with Crippen LogP contribution in [0, 0.1) is 11.8 Å². The molecule has 0 aromatic heterocycles. The minimum atomic E-state index is -0.741. The Kier molecular flexibility index (Phi) is 8.65. The van der Waals surface area contributed by atoms with Gasteiger partial charge in [-0.05, 0) is 25.7 Å². The molecule has 0 spiro atoms. The van der Waals surface area contributed by atoms with Crippen molar-refractivity contribution in [2.75, 3.05) is 0 Å². The van der Waals surface area contributed by atoms with Crippen LogP contribution in [-0.4, -0.2) is 34.5 Å². The van der Waals surface area contributed by atoms with Crippen LogP contribution in [0.3, 0.4) is 0 Å². The summed E-state index contributed by atoms with van der Waals surface area (Å²) in [5.41, 5.74) is 0. The van der Waals surface area contributed by atoms with E-state index in [0.717, 1.165) is 44.9 Å². The smallest absolute Gasteiger partial charge is 0.303 e. The number of hydrogen-bond acceptors (Lipinski definition) is 4. The van der Waals surface area contributed by atoms with E-state index in [1.807, 2.05) is 6.08 Å². The van der Waals surface area contributed by atoms with Crippen molar-refractivity contribution in [2.24, 2.45) is 11.8 Å². The van der Waals surface area contributed by atoms with E-state index in [2.05, 4.69) is 25.2 Å². The number of hydrogen-bond donors (Lipinski definition) is 2. The van der Waals surface area contributed by atoms with Gasteiger partial charge in [-0.15, -0.1) is 0 Å². The van der Waals surface area contributed by atoms with Crippen LogP contribution in [0.15, 0.2) is 24.3 Å². The molecule has 1 aliphatic carbocycles. The predicted molar refractivity (Wildman–Crippen MR) is 95.9 cm³/mol. The van der Waals surface area contributed by atoms with Gasteiger partial charge in [0.2, 0.25) is 0 Å². The van der Waals surface area contributed by atoms with Gasteiger partial charge in [-0.3, -0.25) is 4.79 Å². The van der Waals surface area contributed by atoms with Gasteiger partial charge in [0.15, 0.2) is 0 Å². The molecule has 25 heavy (non-hydrogen) atoms. The highest BCUT2D eigenvalue weighted by molar-refractivity contribution is 5.66. The third-order valence-corrected chi connectivity index (χ3v) is 5.16. The van der Waals surface area contributed by atoms with Crippen LogP contribution in [-0.2, 0) is 14.6 Å². The molecular formula is C20H32O5. The normalized spacial score (nSPS) is 29.8. The third kappa shape index (κ3) is 6.57. The van der Waals surface area contributed by atoms with E-state index < -0.39 is 5.97 Å². The Morgan fingerprint density at radius 2 is 2.00 bits per heavy atom. The maximum atomic E-state index is 10.5. The van der Waals surface area contributed by atoms with Gasteiger partial charge in [0.05, 0.1) is 12.2 Å². The minimum Gasteiger partial charge on any atom is -0.481 e. The molecule has 0 radical (unpaired) electrons. The highest BCUT2D eigenvalue weighted by Gasteiger charge is 2.49. The van der Waals surface area contributed by atoms with Crippen LogP contribution >= 0.6 is 0 Å². The average molecular weight is 352 g/mol. The van der Waals surface area contributed by atoms with E-state index in [-0.39, 0.29) is 30.7 Å². The lowest BCUT2D eigenvalue weighted by Gasteiger charge is -2.27. The second-order valence-corrected chi connectivity index (χ2v) is 7.19. The van der Waals surface area contributed by atoms with E-state index in [4.69, 9.17) is 14.9 Å². The van der Waals surface area contributed by atoms with Crippen LogP contribution in [0.1, 0.15) is 64.7 Å². The van der Waals surface area contributed by atoms with Gasteiger partial charge in [-0.25, -0.2) is 9.78 Å². The third-order valence-electron chi connectivity index (χ3n) is 5.16. The lowest BCUT2D eigenvalue weighted by molar-refractivity contribution is -0.336. The second-order valence-electron chi connectivity index (χ2n) is 7.19. The summed E-state index contributed by atoms with van der Waals surface area (Å²) in [5, 5.41) is 18.7. The molecule has 5 heteroatoms. The number of unbranched alkanes of at least 4 members (excludes halogenated alkanes) is 3. The average Bonchev–Trinajstić information content (AvgIpc) is 3.17. The Morgan fingerprint density at radius 3 is 2.76 bits per heavy atom. The molecule has 2 N–H and O–H groups in total. The van der Waals surface area contributed by atoms with E-state index in [1.54, 1.807) is 0 Å². The first kappa shape index (κ1) is 20.1. The molecule has 1 aliphatic heterocycles. The van der Waals surface area contributed by atoms with Crippen LogP contribution < -0.4 is 0 Å². The van der Waals surface area contributed by atoms with Crippen LogP contribution in [0.4, 0.5) is 0 Å². The fourth-order valence-electron chi connectivity index (χ4n) is 3.72. The van der Waals surface area contributed by atoms with Crippen LogP contribution in [0.2, 0.25) is 0 Å².